The highest BCUT2D eigenvalue weighted by Crippen LogP contribution is 2.27. The van der Waals surface area contributed by atoms with Gasteiger partial charge >= 0.3 is 0 Å². The van der Waals surface area contributed by atoms with Crippen molar-refractivity contribution in [2.24, 2.45) is 0 Å². The fraction of sp³-hybridized carbons (Fsp3) is 0.381. The van der Waals surface area contributed by atoms with Crippen LogP contribution >= 0.6 is 0 Å². The van der Waals surface area contributed by atoms with Gasteiger partial charge < -0.3 is 15.3 Å². The van der Waals surface area contributed by atoms with Crippen LogP contribution in [0.2, 0.25) is 0 Å². The van der Waals surface area contributed by atoms with Crippen molar-refractivity contribution in [2.45, 2.75) is 19.1 Å². The van der Waals surface area contributed by atoms with Crippen molar-refractivity contribution in [2.75, 3.05) is 38.1 Å². The number of nitrogens with zero attached hydrogens (tertiary/aromatic N) is 2. The Labute approximate surface area is 155 Å². The van der Waals surface area contributed by atoms with E-state index in [-0.39, 0.29) is 11.9 Å². The summed E-state index contributed by atoms with van der Waals surface area (Å²) in [6.07, 6.45) is -0.641. The van der Waals surface area contributed by atoms with Gasteiger partial charge in [0.05, 0.1) is 6.10 Å². The molecule has 5 nitrogen and oxygen atoms in total. The number of carbonyl (C=O) groups excluding carboxylic acids is 1. The average molecular weight is 353 g/mol. The van der Waals surface area contributed by atoms with Crippen LogP contribution in [0.5, 0.6) is 0 Å². The normalized spacial score (nSPS) is 19.0. The zero-order valence-corrected chi connectivity index (χ0v) is 15.4. The summed E-state index contributed by atoms with van der Waals surface area (Å²) >= 11 is 0. The van der Waals surface area contributed by atoms with Crippen molar-refractivity contribution in [1.82, 2.24) is 10.2 Å². The number of aliphatic hydroxyl groups is 1. The number of amides is 1. The number of piperazine rings is 1. The van der Waals surface area contributed by atoms with Gasteiger partial charge in [-0.25, -0.2) is 0 Å². The molecule has 1 aliphatic heterocycles. The molecule has 0 bridgehead atoms. The molecule has 1 heterocycles. The van der Waals surface area contributed by atoms with Crippen LogP contribution in [0.3, 0.4) is 0 Å². The lowest BCUT2D eigenvalue weighted by molar-refractivity contribution is -0.130. The standard InChI is InChI=1S/C21H27N3O2/c1-3-23(2)18-11-7-10-17(14-18)19(25)15-24-13-12-22-21(26)20(24)16-8-5-4-6-9-16/h4-11,14,19-20,25H,3,12-13,15H2,1-2H3,(H,22,26). The number of anilines is 1. The summed E-state index contributed by atoms with van der Waals surface area (Å²) < 4.78 is 0. The van der Waals surface area contributed by atoms with Crippen molar-refractivity contribution in [3.63, 3.8) is 0 Å². The molecule has 1 aliphatic rings. The number of hydrogen-bond acceptors (Lipinski definition) is 4. The highest BCUT2D eigenvalue weighted by atomic mass is 16.3. The zero-order valence-electron chi connectivity index (χ0n) is 15.4. The second-order valence-electron chi connectivity index (χ2n) is 6.72. The number of benzene rings is 2. The largest absolute Gasteiger partial charge is 0.387 e. The zero-order chi connectivity index (χ0) is 18.5. The number of nitrogens with one attached hydrogen (secondary N) is 1. The lowest BCUT2D eigenvalue weighted by atomic mass is 10.0. The predicted molar refractivity (Wildman–Crippen MR) is 104 cm³/mol. The summed E-state index contributed by atoms with van der Waals surface area (Å²) in [5.41, 5.74) is 2.91. The second kappa shape index (κ2) is 8.34. The van der Waals surface area contributed by atoms with E-state index in [1.807, 2.05) is 61.6 Å². The minimum absolute atomic E-state index is 0.00545. The van der Waals surface area contributed by atoms with Gasteiger partial charge in [-0.1, -0.05) is 42.5 Å². The monoisotopic (exact) mass is 353 g/mol. The highest BCUT2D eigenvalue weighted by molar-refractivity contribution is 5.83. The van der Waals surface area contributed by atoms with Crippen LogP contribution in [-0.2, 0) is 4.79 Å². The summed E-state index contributed by atoms with van der Waals surface area (Å²) in [4.78, 5) is 16.7. The summed E-state index contributed by atoms with van der Waals surface area (Å²) in [6, 6.07) is 17.4. The smallest absolute Gasteiger partial charge is 0.242 e. The van der Waals surface area contributed by atoms with Crippen LogP contribution in [0.15, 0.2) is 54.6 Å². The molecular formula is C21H27N3O2. The maximum Gasteiger partial charge on any atom is 0.242 e. The van der Waals surface area contributed by atoms with E-state index in [0.717, 1.165) is 29.9 Å². The third-order valence-corrected chi connectivity index (χ3v) is 5.00. The molecule has 0 spiro atoms. The Kier molecular flexibility index (Phi) is 5.91. The Morgan fingerprint density at radius 3 is 2.73 bits per heavy atom. The quantitative estimate of drug-likeness (QED) is 0.837. The maximum atomic E-state index is 12.5. The Morgan fingerprint density at radius 2 is 2.00 bits per heavy atom. The molecule has 2 unspecified atom stereocenters. The van der Waals surface area contributed by atoms with Crippen molar-refractivity contribution in [1.29, 1.82) is 0 Å². The van der Waals surface area contributed by atoms with Gasteiger partial charge in [0.15, 0.2) is 0 Å². The molecular weight excluding hydrogens is 326 g/mol. The van der Waals surface area contributed by atoms with Crippen molar-refractivity contribution in [3.8, 4) is 0 Å². The number of aliphatic hydroxyl groups excluding tert-OH is 1. The average Bonchev–Trinajstić information content (AvgIpc) is 2.68. The van der Waals surface area contributed by atoms with Crippen molar-refractivity contribution >= 4 is 11.6 Å². The molecule has 1 saturated heterocycles. The Hall–Kier alpha value is -2.37. The summed E-state index contributed by atoms with van der Waals surface area (Å²) in [6.45, 7) is 4.75. The van der Waals surface area contributed by atoms with Crippen LogP contribution in [-0.4, -0.2) is 49.1 Å². The third kappa shape index (κ3) is 4.06. The maximum absolute atomic E-state index is 12.5. The topological polar surface area (TPSA) is 55.8 Å². The van der Waals surface area contributed by atoms with E-state index in [2.05, 4.69) is 22.0 Å². The molecule has 0 saturated carbocycles. The van der Waals surface area contributed by atoms with E-state index < -0.39 is 6.10 Å². The van der Waals surface area contributed by atoms with Gasteiger partial charge in [-0.05, 0) is 30.2 Å². The molecule has 2 aromatic carbocycles. The van der Waals surface area contributed by atoms with Gasteiger partial charge in [-0.15, -0.1) is 0 Å². The Bertz CT molecular complexity index is 735. The molecule has 5 heteroatoms. The van der Waals surface area contributed by atoms with Gasteiger partial charge in [0.1, 0.15) is 6.04 Å². The molecule has 1 fully saturated rings. The number of carbonyl (C=O) groups is 1. The third-order valence-electron chi connectivity index (χ3n) is 5.00. The van der Waals surface area contributed by atoms with E-state index in [9.17, 15) is 9.90 Å². The van der Waals surface area contributed by atoms with Gasteiger partial charge in [0.2, 0.25) is 5.91 Å². The first kappa shape index (κ1) is 18.4. The van der Waals surface area contributed by atoms with Gasteiger partial charge in [0.25, 0.3) is 0 Å². The molecule has 3 rings (SSSR count). The summed E-state index contributed by atoms with van der Waals surface area (Å²) in [5, 5.41) is 13.7. The molecule has 2 aromatic rings. The molecule has 0 aromatic heterocycles. The summed E-state index contributed by atoms with van der Waals surface area (Å²) in [7, 11) is 2.03. The number of hydrogen-bond donors (Lipinski definition) is 2. The lowest BCUT2D eigenvalue weighted by Gasteiger charge is -2.36. The summed E-state index contributed by atoms with van der Waals surface area (Å²) in [5.74, 6) is -0.00545. The van der Waals surface area contributed by atoms with E-state index in [1.165, 1.54) is 0 Å². The molecule has 2 atom stereocenters. The van der Waals surface area contributed by atoms with Crippen LogP contribution in [0, 0.1) is 0 Å². The lowest BCUT2D eigenvalue weighted by Crippen LogP contribution is -2.51. The van der Waals surface area contributed by atoms with Crippen LogP contribution in [0.4, 0.5) is 5.69 Å². The van der Waals surface area contributed by atoms with Crippen molar-refractivity contribution in [3.05, 3.63) is 65.7 Å². The predicted octanol–water partition coefficient (Wildman–Crippen LogP) is 2.35. The fourth-order valence-corrected chi connectivity index (χ4v) is 3.39. The Morgan fingerprint density at radius 1 is 1.23 bits per heavy atom. The fourth-order valence-electron chi connectivity index (χ4n) is 3.39. The SMILES string of the molecule is CCN(C)c1cccc(C(O)CN2CCNC(=O)C2c2ccccc2)c1. The molecule has 0 radical (unpaired) electrons. The van der Waals surface area contributed by atoms with Crippen LogP contribution < -0.4 is 10.2 Å². The van der Waals surface area contributed by atoms with Gasteiger partial charge in [0, 0.05) is 38.9 Å². The van der Waals surface area contributed by atoms with Crippen LogP contribution in [0.1, 0.15) is 30.2 Å². The first-order valence-corrected chi connectivity index (χ1v) is 9.16. The number of rotatable bonds is 6. The Balaban J connectivity index is 1.78. The van der Waals surface area contributed by atoms with Gasteiger partial charge in [-0.3, -0.25) is 9.69 Å². The van der Waals surface area contributed by atoms with E-state index in [4.69, 9.17) is 0 Å². The molecule has 26 heavy (non-hydrogen) atoms. The van der Waals surface area contributed by atoms with Gasteiger partial charge in [-0.2, -0.15) is 0 Å². The minimum Gasteiger partial charge on any atom is -0.387 e. The molecule has 138 valence electrons. The first-order valence-electron chi connectivity index (χ1n) is 9.16. The van der Waals surface area contributed by atoms with E-state index in [0.29, 0.717) is 13.1 Å². The highest BCUT2D eigenvalue weighted by Gasteiger charge is 2.32. The van der Waals surface area contributed by atoms with Crippen LogP contribution in [0.25, 0.3) is 0 Å². The second-order valence-corrected chi connectivity index (χ2v) is 6.72. The number of β-amino-alcohol motifs (C(OH)–C–C–N with tert-alkyl or cyclic N) is 1. The first-order chi connectivity index (χ1) is 12.6. The molecule has 1 amide bonds. The molecule has 0 aliphatic carbocycles. The van der Waals surface area contributed by atoms with E-state index in [1.54, 1.807) is 0 Å². The molecule has 2 N–H and O–H groups in total. The van der Waals surface area contributed by atoms with E-state index >= 15 is 0 Å². The van der Waals surface area contributed by atoms with Crippen molar-refractivity contribution < 1.29 is 9.90 Å². The minimum atomic E-state index is -0.641.